The Balaban J connectivity index is 1.89. The molecule has 2 N–H and O–H groups in total. The van der Waals surface area contributed by atoms with Crippen LogP contribution >= 0.6 is 23.6 Å². The topological polar surface area (TPSA) is 24.1 Å². The van der Waals surface area contributed by atoms with E-state index in [1.165, 1.54) is 10.4 Å². The van der Waals surface area contributed by atoms with E-state index in [1.54, 1.807) is 11.3 Å². The maximum absolute atomic E-state index is 5.41. The second kappa shape index (κ2) is 7.41. The van der Waals surface area contributed by atoms with Crippen molar-refractivity contribution >= 4 is 28.7 Å². The van der Waals surface area contributed by atoms with Gasteiger partial charge in [-0.1, -0.05) is 50.2 Å². The average molecular weight is 304 g/mol. The third-order valence-electron chi connectivity index (χ3n) is 3.10. The average Bonchev–Trinajstić information content (AvgIpc) is 2.97. The maximum atomic E-state index is 5.41. The van der Waals surface area contributed by atoms with Crippen LogP contribution in [0.3, 0.4) is 0 Å². The normalized spacial score (nSPS) is 12.2. The first-order valence-corrected chi connectivity index (χ1v) is 8.07. The third kappa shape index (κ3) is 4.32. The lowest BCUT2D eigenvalue weighted by Gasteiger charge is -2.23. The number of nitrogens with one attached hydrogen (secondary N) is 2. The van der Waals surface area contributed by atoms with Gasteiger partial charge in [0.05, 0.1) is 6.04 Å². The molecule has 1 aromatic heterocycles. The van der Waals surface area contributed by atoms with E-state index in [2.05, 4.69) is 54.1 Å². The molecule has 0 unspecified atom stereocenters. The molecule has 0 fully saturated rings. The molecule has 0 aliphatic carbocycles. The molecular weight excluding hydrogens is 284 g/mol. The molecule has 4 heteroatoms. The van der Waals surface area contributed by atoms with Gasteiger partial charge >= 0.3 is 0 Å². The van der Waals surface area contributed by atoms with Crippen LogP contribution in [0.1, 0.15) is 30.3 Å². The van der Waals surface area contributed by atoms with Crippen molar-refractivity contribution in [2.24, 2.45) is 5.92 Å². The van der Waals surface area contributed by atoms with E-state index < -0.39 is 0 Å². The van der Waals surface area contributed by atoms with Gasteiger partial charge < -0.3 is 10.6 Å². The van der Waals surface area contributed by atoms with Gasteiger partial charge in [-0.05, 0) is 35.1 Å². The highest BCUT2D eigenvalue weighted by Crippen LogP contribution is 2.25. The van der Waals surface area contributed by atoms with Crippen LogP contribution in [0.15, 0.2) is 47.8 Å². The lowest BCUT2D eigenvalue weighted by molar-refractivity contribution is 0.475. The molecule has 0 aliphatic heterocycles. The van der Waals surface area contributed by atoms with Crippen molar-refractivity contribution in [1.29, 1.82) is 0 Å². The number of rotatable bonds is 5. The fourth-order valence-electron chi connectivity index (χ4n) is 2.01. The van der Waals surface area contributed by atoms with Gasteiger partial charge in [0.15, 0.2) is 5.11 Å². The monoisotopic (exact) mass is 304 g/mol. The SMILES string of the molecule is CC(C)[C@H](NC(=S)NCc1ccccc1)c1cccs1. The van der Waals surface area contributed by atoms with Crippen molar-refractivity contribution in [3.05, 3.63) is 58.3 Å². The first-order chi connectivity index (χ1) is 9.66. The van der Waals surface area contributed by atoms with E-state index in [9.17, 15) is 0 Å². The second-order valence-corrected chi connectivity index (χ2v) is 6.44. The van der Waals surface area contributed by atoms with Gasteiger partial charge in [-0.3, -0.25) is 0 Å². The fourth-order valence-corrected chi connectivity index (χ4v) is 3.15. The molecule has 1 atom stereocenters. The summed E-state index contributed by atoms with van der Waals surface area (Å²) < 4.78 is 0. The smallest absolute Gasteiger partial charge is 0.167 e. The predicted octanol–water partition coefficient (Wildman–Crippen LogP) is 4.11. The molecule has 1 aromatic carbocycles. The zero-order valence-corrected chi connectivity index (χ0v) is 13.4. The van der Waals surface area contributed by atoms with E-state index in [0.29, 0.717) is 11.0 Å². The van der Waals surface area contributed by atoms with Gasteiger partial charge in [-0.2, -0.15) is 0 Å². The van der Waals surface area contributed by atoms with Gasteiger partial charge in [0.2, 0.25) is 0 Å². The Morgan fingerprint density at radius 1 is 1.15 bits per heavy atom. The Morgan fingerprint density at radius 3 is 2.50 bits per heavy atom. The molecule has 0 radical (unpaired) electrons. The van der Waals surface area contributed by atoms with Crippen LogP contribution in [0.2, 0.25) is 0 Å². The first kappa shape index (κ1) is 15.0. The summed E-state index contributed by atoms with van der Waals surface area (Å²) in [5.41, 5.74) is 1.23. The van der Waals surface area contributed by atoms with Crippen LogP contribution in [-0.4, -0.2) is 5.11 Å². The quantitative estimate of drug-likeness (QED) is 0.813. The van der Waals surface area contributed by atoms with E-state index in [1.807, 2.05) is 18.2 Å². The van der Waals surface area contributed by atoms with Crippen LogP contribution in [0, 0.1) is 5.92 Å². The summed E-state index contributed by atoms with van der Waals surface area (Å²) in [5, 5.41) is 9.50. The molecule has 106 valence electrons. The number of thiophene rings is 1. The third-order valence-corrected chi connectivity index (χ3v) is 4.32. The molecule has 0 bridgehead atoms. The minimum Gasteiger partial charge on any atom is -0.359 e. The highest BCUT2D eigenvalue weighted by Gasteiger charge is 2.17. The van der Waals surface area contributed by atoms with Crippen LogP contribution in [-0.2, 0) is 6.54 Å². The predicted molar refractivity (Wildman–Crippen MR) is 90.9 cm³/mol. The summed E-state index contributed by atoms with van der Waals surface area (Å²) in [6, 6.07) is 14.8. The highest BCUT2D eigenvalue weighted by atomic mass is 32.1. The molecule has 20 heavy (non-hydrogen) atoms. The Morgan fingerprint density at radius 2 is 1.90 bits per heavy atom. The van der Waals surface area contributed by atoms with E-state index in [0.717, 1.165) is 6.54 Å². The fraction of sp³-hybridized carbons (Fsp3) is 0.312. The molecule has 2 rings (SSSR count). The summed E-state index contributed by atoms with van der Waals surface area (Å²) >= 11 is 7.17. The van der Waals surface area contributed by atoms with E-state index >= 15 is 0 Å². The van der Waals surface area contributed by atoms with Crippen molar-refractivity contribution in [2.45, 2.75) is 26.4 Å². The largest absolute Gasteiger partial charge is 0.359 e. The highest BCUT2D eigenvalue weighted by molar-refractivity contribution is 7.80. The van der Waals surface area contributed by atoms with Gasteiger partial charge in [-0.25, -0.2) is 0 Å². The lowest BCUT2D eigenvalue weighted by atomic mass is 10.0. The van der Waals surface area contributed by atoms with Crippen LogP contribution in [0.4, 0.5) is 0 Å². The Labute approximate surface area is 130 Å². The van der Waals surface area contributed by atoms with Crippen molar-refractivity contribution in [1.82, 2.24) is 10.6 Å². The molecular formula is C16H20N2S2. The summed E-state index contributed by atoms with van der Waals surface area (Å²) in [4.78, 5) is 1.32. The molecule has 0 aliphatic rings. The van der Waals surface area contributed by atoms with Crippen molar-refractivity contribution in [3.8, 4) is 0 Å². The lowest BCUT2D eigenvalue weighted by Crippen LogP contribution is -2.38. The Bertz CT molecular complexity index is 521. The standard InChI is InChI=1S/C16H20N2S2/c1-12(2)15(14-9-6-10-20-14)18-16(19)17-11-13-7-4-3-5-8-13/h3-10,12,15H,11H2,1-2H3,(H2,17,18,19)/t15-/m0/s1. The summed E-state index contributed by atoms with van der Waals surface area (Å²) in [5.74, 6) is 0.491. The van der Waals surface area contributed by atoms with Crippen LogP contribution in [0.25, 0.3) is 0 Å². The summed E-state index contributed by atoms with van der Waals surface area (Å²) in [7, 11) is 0. The molecule has 2 nitrogen and oxygen atoms in total. The summed E-state index contributed by atoms with van der Waals surface area (Å²) in [6.45, 7) is 5.16. The number of hydrogen-bond acceptors (Lipinski definition) is 2. The Kier molecular flexibility index (Phi) is 5.56. The zero-order chi connectivity index (χ0) is 14.4. The molecule has 1 heterocycles. The minimum atomic E-state index is 0.269. The van der Waals surface area contributed by atoms with Gasteiger partial charge in [0, 0.05) is 11.4 Å². The summed E-state index contributed by atoms with van der Waals surface area (Å²) in [6.07, 6.45) is 0. The van der Waals surface area contributed by atoms with Crippen molar-refractivity contribution < 1.29 is 0 Å². The van der Waals surface area contributed by atoms with Crippen molar-refractivity contribution in [2.75, 3.05) is 0 Å². The van der Waals surface area contributed by atoms with Gasteiger partial charge in [-0.15, -0.1) is 11.3 Å². The van der Waals surface area contributed by atoms with Gasteiger partial charge in [0.25, 0.3) is 0 Å². The van der Waals surface area contributed by atoms with E-state index in [-0.39, 0.29) is 6.04 Å². The van der Waals surface area contributed by atoms with Gasteiger partial charge in [0.1, 0.15) is 0 Å². The molecule has 0 saturated heterocycles. The van der Waals surface area contributed by atoms with Crippen LogP contribution < -0.4 is 10.6 Å². The Hall–Kier alpha value is -1.39. The number of thiocarbonyl (C=S) groups is 1. The molecule has 0 amide bonds. The second-order valence-electron chi connectivity index (χ2n) is 5.05. The van der Waals surface area contributed by atoms with Crippen LogP contribution in [0.5, 0.6) is 0 Å². The zero-order valence-electron chi connectivity index (χ0n) is 11.8. The number of hydrogen-bond donors (Lipinski definition) is 2. The molecule has 0 spiro atoms. The molecule has 0 saturated carbocycles. The number of benzene rings is 1. The minimum absolute atomic E-state index is 0.269. The van der Waals surface area contributed by atoms with E-state index in [4.69, 9.17) is 12.2 Å². The molecule has 2 aromatic rings. The maximum Gasteiger partial charge on any atom is 0.167 e. The van der Waals surface area contributed by atoms with Crippen molar-refractivity contribution in [3.63, 3.8) is 0 Å². The first-order valence-electron chi connectivity index (χ1n) is 6.78.